The highest BCUT2D eigenvalue weighted by Gasteiger charge is 2.31. The number of carbonyl (C=O) groups is 1. The zero-order valence-electron chi connectivity index (χ0n) is 14.9. The number of anilines is 1. The lowest BCUT2D eigenvalue weighted by atomic mass is 10.2. The van der Waals surface area contributed by atoms with Gasteiger partial charge in [-0.05, 0) is 43.0 Å². The van der Waals surface area contributed by atoms with Crippen molar-refractivity contribution in [2.75, 3.05) is 5.32 Å². The molecule has 1 N–H and O–H groups in total. The largest absolute Gasteiger partial charge is 0.446 e. The second-order valence-corrected chi connectivity index (χ2v) is 7.04. The van der Waals surface area contributed by atoms with Crippen LogP contribution in [0.2, 0.25) is 0 Å². The Morgan fingerprint density at radius 3 is 2.29 bits per heavy atom. The maximum absolute atomic E-state index is 12.8. The molecular weight excluding hydrogens is 391 g/mol. The molecule has 5 nitrogen and oxygen atoms in total. The number of alkyl halides is 3. The van der Waals surface area contributed by atoms with Gasteiger partial charge in [0.25, 0.3) is 11.5 Å². The van der Waals surface area contributed by atoms with Gasteiger partial charge in [0.1, 0.15) is 5.69 Å². The minimum Gasteiger partial charge on any atom is -0.316 e. The first-order valence-electron chi connectivity index (χ1n) is 8.19. The Kier molecular flexibility index (Phi) is 5.37. The highest BCUT2D eigenvalue weighted by Crippen LogP contribution is 2.38. The van der Waals surface area contributed by atoms with Crippen molar-refractivity contribution in [1.29, 1.82) is 0 Å². The average Bonchev–Trinajstić information content (AvgIpc) is 2.85. The highest BCUT2D eigenvalue weighted by molar-refractivity contribution is 8.00. The van der Waals surface area contributed by atoms with Crippen molar-refractivity contribution in [1.82, 2.24) is 9.36 Å². The van der Waals surface area contributed by atoms with Crippen LogP contribution in [-0.4, -0.2) is 20.8 Å². The van der Waals surface area contributed by atoms with Gasteiger partial charge in [-0.3, -0.25) is 14.3 Å². The second-order valence-electron chi connectivity index (χ2n) is 5.93. The topological polar surface area (TPSA) is 56.0 Å². The maximum Gasteiger partial charge on any atom is 0.446 e. The van der Waals surface area contributed by atoms with E-state index in [1.165, 1.54) is 28.9 Å². The molecule has 0 aliphatic carbocycles. The standard InChI is InChI=1S/C19H16F3N3O2S/c1-12-16(18(27)25(24(12)2)13-8-4-3-5-9-13)23-17(26)14-10-6-7-11-15(14)28-19(20,21)22/h3-11H,1-2H3,(H,23,26). The first-order valence-corrected chi connectivity index (χ1v) is 9.01. The molecule has 1 amide bonds. The van der Waals surface area contributed by atoms with E-state index >= 15 is 0 Å². The number of nitrogens with one attached hydrogen (secondary N) is 1. The zero-order chi connectivity index (χ0) is 20.5. The molecule has 0 saturated heterocycles. The Morgan fingerprint density at radius 1 is 1.04 bits per heavy atom. The normalized spacial score (nSPS) is 11.5. The predicted octanol–water partition coefficient (Wildman–Crippen LogP) is 4.35. The number of amides is 1. The van der Waals surface area contributed by atoms with Crippen molar-refractivity contribution in [3.05, 3.63) is 76.2 Å². The van der Waals surface area contributed by atoms with Gasteiger partial charge in [-0.25, -0.2) is 4.68 Å². The third-order valence-corrected chi connectivity index (χ3v) is 4.96. The molecule has 9 heteroatoms. The molecule has 0 saturated carbocycles. The molecule has 0 bridgehead atoms. The van der Waals surface area contributed by atoms with Gasteiger partial charge in [0.05, 0.1) is 16.9 Å². The fourth-order valence-electron chi connectivity index (χ4n) is 2.76. The number of carbonyl (C=O) groups excluding carboxylic acids is 1. The van der Waals surface area contributed by atoms with Crippen molar-refractivity contribution in [3.8, 4) is 5.69 Å². The van der Waals surface area contributed by atoms with Crippen LogP contribution >= 0.6 is 11.8 Å². The first-order chi connectivity index (χ1) is 13.2. The lowest BCUT2D eigenvalue weighted by molar-refractivity contribution is -0.0328. The molecule has 3 rings (SSSR count). The van der Waals surface area contributed by atoms with Gasteiger partial charge < -0.3 is 5.32 Å². The molecule has 0 spiro atoms. The van der Waals surface area contributed by atoms with Crippen LogP contribution in [0.3, 0.4) is 0 Å². The van der Waals surface area contributed by atoms with Gasteiger partial charge in [0.2, 0.25) is 0 Å². The number of halogens is 3. The summed E-state index contributed by atoms with van der Waals surface area (Å²) in [6, 6.07) is 14.2. The number of benzene rings is 2. The number of hydrogen-bond donors (Lipinski definition) is 1. The summed E-state index contributed by atoms with van der Waals surface area (Å²) in [7, 11) is 1.66. The molecule has 0 fully saturated rings. The fourth-order valence-corrected chi connectivity index (χ4v) is 3.43. The lowest BCUT2D eigenvalue weighted by Gasteiger charge is -2.10. The predicted molar refractivity (Wildman–Crippen MR) is 102 cm³/mol. The van der Waals surface area contributed by atoms with E-state index in [4.69, 9.17) is 0 Å². The van der Waals surface area contributed by atoms with E-state index in [1.807, 2.05) is 6.07 Å². The molecule has 0 atom stereocenters. The summed E-state index contributed by atoms with van der Waals surface area (Å²) in [6.45, 7) is 1.65. The van der Waals surface area contributed by atoms with Gasteiger partial charge in [0.15, 0.2) is 0 Å². The van der Waals surface area contributed by atoms with Crippen molar-refractivity contribution < 1.29 is 18.0 Å². The minimum absolute atomic E-state index is 0.0168. The summed E-state index contributed by atoms with van der Waals surface area (Å²) in [5.41, 5.74) is -4.06. The van der Waals surface area contributed by atoms with Gasteiger partial charge in [-0.1, -0.05) is 30.3 Å². The first kappa shape index (κ1) is 19.8. The Morgan fingerprint density at radius 2 is 1.64 bits per heavy atom. The van der Waals surface area contributed by atoms with Crippen LogP contribution in [0.1, 0.15) is 16.1 Å². The number of hydrogen-bond acceptors (Lipinski definition) is 3. The number of thioether (sulfide) groups is 1. The number of nitrogens with zero attached hydrogens (tertiary/aromatic N) is 2. The van der Waals surface area contributed by atoms with Crippen LogP contribution in [0.5, 0.6) is 0 Å². The zero-order valence-corrected chi connectivity index (χ0v) is 15.8. The third kappa shape index (κ3) is 3.99. The van der Waals surface area contributed by atoms with E-state index in [9.17, 15) is 22.8 Å². The molecule has 28 heavy (non-hydrogen) atoms. The Hall–Kier alpha value is -2.94. The summed E-state index contributed by atoms with van der Waals surface area (Å²) in [6.07, 6.45) is 0. The lowest BCUT2D eigenvalue weighted by Crippen LogP contribution is -2.23. The fraction of sp³-hybridized carbons (Fsp3) is 0.158. The van der Waals surface area contributed by atoms with Crippen LogP contribution in [0.4, 0.5) is 18.9 Å². The van der Waals surface area contributed by atoms with E-state index in [0.29, 0.717) is 11.4 Å². The molecule has 0 radical (unpaired) electrons. The minimum atomic E-state index is -4.53. The second kappa shape index (κ2) is 7.59. The number of rotatable bonds is 4. The quantitative estimate of drug-likeness (QED) is 0.655. The van der Waals surface area contributed by atoms with Gasteiger partial charge in [0, 0.05) is 11.9 Å². The Balaban J connectivity index is 1.98. The van der Waals surface area contributed by atoms with Crippen molar-refractivity contribution in [3.63, 3.8) is 0 Å². The molecule has 1 heterocycles. The van der Waals surface area contributed by atoms with Crippen molar-refractivity contribution >= 4 is 23.4 Å². The number of aromatic nitrogens is 2. The molecule has 0 aliphatic heterocycles. The number of para-hydroxylation sites is 1. The SMILES string of the molecule is Cc1c(NC(=O)c2ccccc2SC(F)(F)F)c(=O)n(-c2ccccc2)n1C. The summed E-state index contributed by atoms with van der Waals surface area (Å²) in [4.78, 5) is 25.2. The molecule has 2 aromatic carbocycles. The molecule has 0 unspecified atom stereocenters. The summed E-state index contributed by atoms with van der Waals surface area (Å²) in [5, 5.41) is 2.48. The van der Waals surface area contributed by atoms with E-state index in [2.05, 4.69) is 5.32 Å². The van der Waals surface area contributed by atoms with Crippen LogP contribution in [-0.2, 0) is 7.05 Å². The summed E-state index contributed by atoms with van der Waals surface area (Å²) < 4.78 is 41.2. The molecule has 146 valence electrons. The van der Waals surface area contributed by atoms with E-state index in [-0.39, 0.29) is 27.9 Å². The van der Waals surface area contributed by atoms with E-state index < -0.39 is 17.0 Å². The molecule has 0 aliphatic rings. The summed E-state index contributed by atoms with van der Waals surface area (Å²) in [5.74, 6) is -0.779. The van der Waals surface area contributed by atoms with Crippen LogP contribution in [0.15, 0.2) is 64.3 Å². The van der Waals surface area contributed by atoms with E-state index in [0.717, 1.165) is 0 Å². The molecule has 1 aromatic heterocycles. The molecular formula is C19H16F3N3O2S. The smallest absolute Gasteiger partial charge is 0.316 e. The average molecular weight is 407 g/mol. The highest BCUT2D eigenvalue weighted by atomic mass is 32.2. The van der Waals surface area contributed by atoms with Crippen molar-refractivity contribution in [2.24, 2.45) is 7.05 Å². The van der Waals surface area contributed by atoms with Crippen LogP contribution in [0, 0.1) is 6.92 Å². The van der Waals surface area contributed by atoms with Crippen molar-refractivity contribution in [2.45, 2.75) is 17.3 Å². The summed E-state index contributed by atoms with van der Waals surface area (Å²) >= 11 is -0.369. The third-order valence-electron chi connectivity index (χ3n) is 4.15. The van der Waals surface area contributed by atoms with Gasteiger partial charge in [-0.2, -0.15) is 13.2 Å². The van der Waals surface area contributed by atoms with E-state index in [1.54, 1.807) is 42.9 Å². The van der Waals surface area contributed by atoms with Gasteiger partial charge in [-0.15, -0.1) is 0 Å². The maximum atomic E-state index is 12.8. The molecule has 3 aromatic rings. The van der Waals surface area contributed by atoms with Crippen LogP contribution in [0.25, 0.3) is 5.69 Å². The van der Waals surface area contributed by atoms with Crippen LogP contribution < -0.4 is 10.9 Å². The Bertz CT molecular complexity index is 1070. The monoisotopic (exact) mass is 407 g/mol. The Labute approximate surface area is 162 Å². The van der Waals surface area contributed by atoms with Gasteiger partial charge >= 0.3 is 5.51 Å².